The minimum Gasteiger partial charge on any atom is -0.463 e. The summed E-state index contributed by atoms with van der Waals surface area (Å²) in [6, 6.07) is 10.6. The summed E-state index contributed by atoms with van der Waals surface area (Å²) in [4.78, 5) is 36.9. The first-order chi connectivity index (χ1) is 14.1. The highest BCUT2D eigenvalue weighted by Gasteiger charge is 2.35. The van der Waals surface area contributed by atoms with Crippen LogP contribution in [0.3, 0.4) is 0 Å². The van der Waals surface area contributed by atoms with Crippen molar-refractivity contribution in [2.24, 2.45) is 0 Å². The van der Waals surface area contributed by atoms with Crippen molar-refractivity contribution in [2.45, 2.75) is 26.1 Å². The monoisotopic (exact) mass is 389 g/mol. The van der Waals surface area contributed by atoms with Gasteiger partial charge in [0, 0.05) is 31.3 Å². The first-order valence-corrected chi connectivity index (χ1v) is 9.44. The molecule has 2 N–H and O–H groups in total. The number of fused-ring (bicyclic) bond motifs is 2. The molecule has 0 unspecified atom stereocenters. The number of nitrogen functional groups attached to an aromatic ring is 1. The molecule has 2 amide bonds. The molecule has 2 aromatic heterocycles. The standard InChI is InChI=1S/C21H19N5O3/c22-21-23-9-13-10-25(8-7-18(13)24-21)11-14-5-6-15(29-14)12-26-19(27)16-3-1-2-4-17(16)20(26)28/h1-6,9H,7-8,10-12H2,(H2,22,23,24). The lowest BCUT2D eigenvalue weighted by molar-refractivity contribution is 0.0630. The van der Waals surface area contributed by atoms with Crippen LogP contribution in [-0.2, 0) is 26.1 Å². The second-order valence-corrected chi connectivity index (χ2v) is 7.27. The smallest absolute Gasteiger partial charge is 0.261 e. The lowest BCUT2D eigenvalue weighted by Gasteiger charge is -2.26. The molecule has 29 heavy (non-hydrogen) atoms. The van der Waals surface area contributed by atoms with Crippen LogP contribution in [0.4, 0.5) is 5.95 Å². The molecule has 3 aromatic rings. The van der Waals surface area contributed by atoms with Crippen molar-refractivity contribution in [3.63, 3.8) is 0 Å². The van der Waals surface area contributed by atoms with Crippen molar-refractivity contribution in [3.05, 3.63) is 76.5 Å². The lowest BCUT2D eigenvalue weighted by atomic mass is 10.1. The molecule has 0 fully saturated rings. The van der Waals surface area contributed by atoms with Crippen molar-refractivity contribution in [1.29, 1.82) is 0 Å². The fourth-order valence-corrected chi connectivity index (χ4v) is 3.88. The quantitative estimate of drug-likeness (QED) is 0.680. The van der Waals surface area contributed by atoms with E-state index >= 15 is 0 Å². The predicted molar refractivity (Wildman–Crippen MR) is 104 cm³/mol. The van der Waals surface area contributed by atoms with Gasteiger partial charge in [-0.2, -0.15) is 0 Å². The van der Waals surface area contributed by atoms with Gasteiger partial charge in [0.1, 0.15) is 11.5 Å². The van der Waals surface area contributed by atoms with Gasteiger partial charge in [0.15, 0.2) is 0 Å². The Hall–Kier alpha value is -3.52. The van der Waals surface area contributed by atoms with Crippen molar-refractivity contribution in [1.82, 2.24) is 19.8 Å². The highest BCUT2D eigenvalue weighted by Crippen LogP contribution is 2.25. The zero-order valence-electron chi connectivity index (χ0n) is 15.7. The average Bonchev–Trinajstić information content (AvgIpc) is 3.27. The molecule has 0 radical (unpaired) electrons. The van der Waals surface area contributed by atoms with E-state index in [1.807, 2.05) is 12.1 Å². The number of amides is 2. The minimum absolute atomic E-state index is 0.127. The number of nitrogens with zero attached hydrogens (tertiary/aromatic N) is 4. The molecular formula is C21H19N5O3. The van der Waals surface area contributed by atoms with Gasteiger partial charge in [0.05, 0.1) is 29.9 Å². The number of hydrogen-bond donors (Lipinski definition) is 1. The fourth-order valence-electron chi connectivity index (χ4n) is 3.88. The zero-order valence-corrected chi connectivity index (χ0v) is 15.7. The summed E-state index contributed by atoms with van der Waals surface area (Å²) in [6.07, 6.45) is 2.59. The molecule has 2 aliphatic rings. The van der Waals surface area contributed by atoms with Gasteiger partial charge in [-0.1, -0.05) is 12.1 Å². The second kappa shape index (κ2) is 6.82. The molecule has 2 aliphatic heterocycles. The van der Waals surface area contributed by atoms with E-state index < -0.39 is 0 Å². The number of imide groups is 1. The second-order valence-electron chi connectivity index (χ2n) is 7.27. The van der Waals surface area contributed by atoms with Gasteiger partial charge in [-0.05, 0) is 24.3 Å². The number of carbonyl (C=O) groups excluding carboxylic acids is 2. The molecule has 8 heteroatoms. The molecule has 8 nitrogen and oxygen atoms in total. The summed E-state index contributed by atoms with van der Waals surface area (Å²) in [5, 5.41) is 0. The number of anilines is 1. The van der Waals surface area contributed by atoms with E-state index in [-0.39, 0.29) is 18.4 Å². The molecule has 0 spiro atoms. The summed E-state index contributed by atoms with van der Waals surface area (Å²) in [6.45, 7) is 2.33. The van der Waals surface area contributed by atoms with Crippen LogP contribution < -0.4 is 5.73 Å². The van der Waals surface area contributed by atoms with Crippen LogP contribution in [0.5, 0.6) is 0 Å². The summed E-state index contributed by atoms with van der Waals surface area (Å²) in [7, 11) is 0. The first-order valence-electron chi connectivity index (χ1n) is 9.44. The van der Waals surface area contributed by atoms with Crippen LogP contribution in [0, 0.1) is 0 Å². The van der Waals surface area contributed by atoms with Gasteiger partial charge < -0.3 is 10.2 Å². The number of furan rings is 1. The Kier molecular flexibility index (Phi) is 4.13. The van der Waals surface area contributed by atoms with E-state index in [1.54, 1.807) is 30.5 Å². The third kappa shape index (κ3) is 3.17. The molecule has 0 aliphatic carbocycles. The van der Waals surface area contributed by atoms with Crippen LogP contribution in [0.25, 0.3) is 0 Å². The number of nitrogens with two attached hydrogens (primary N) is 1. The third-order valence-corrected chi connectivity index (χ3v) is 5.32. The number of benzene rings is 1. The molecule has 4 heterocycles. The number of carbonyl (C=O) groups is 2. The van der Waals surface area contributed by atoms with Crippen molar-refractivity contribution in [2.75, 3.05) is 12.3 Å². The molecule has 1 aromatic carbocycles. The summed E-state index contributed by atoms with van der Waals surface area (Å²) < 4.78 is 5.91. The number of aromatic nitrogens is 2. The fraction of sp³-hybridized carbons (Fsp3) is 0.238. The van der Waals surface area contributed by atoms with Gasteiger partial charge in [-0.3, -0.25) is 19.4 Å². The van der Waals surface area contributed by atoms with Gasteiger partial charge in [0.2, 0.25) is 5.95 Å². The Morgan fingerprint density at radius 1 is 1.00 bits per heavy atom. The van der Waals surface area contributed by atoms with Gasteiger partial charge in [0.25, 0.3) is 11.8 Å². The normalized spacial score (nSPS) is 16.2. The molecule has 0 saturated heterocycles. The van der Waals surface area contributed by atoms with E-state index in [9.17, 15) is 9.59 Å². The van der Waals surface area contributed by atoms with Crippen molar-refractivity contribution < 1.29 is 14.0 Å². The topological polar surface area (TPSA) is 106 Å². The Morgan fingerprint density at radius 2 is 1.69 bits per heavy atom. The average molecular weight is 389 g/mol. The summed E-state index contributed by atoms with van der Waals surface area (Å²) in [5.74, 6) is 1.12. The lowest BCUT2D eigenvalue weighted by Crippen LogP contribution is -2.31. The number of hydrogen-bond acceptors (Lipinski definition) is 7. The Labute approximate surface area is 167 Å². The Morgan fingerprint density at radius 3 is 2.41 bits per heavy atom. The summed E-state index contributed by atoms with van der Waals surface area (Å²) >= 11 is 0. The highest BCUT2D eigenvalue weighted by atomic mass is 16.3. The first kappa shape index (κ1) is 17.6. The van der Waals surface area contributed by atoms with Crippen LogP contribution in [0.2, 0.25) is 0 Å². The maximum absolute atomic E-state index is 12.5. The van der Waals surface area contributed by atoms with Gasteiger partial charge >= 0.3 is 0 Å². The van der Waals surface area contributed by atoms with Crippen molar-refractivity contribution >= 4 is 17.8 Å². The highest BCUT2D eigenvalue weighted by molar-refractivity contribution is 6.21. The Bertz CT molecular complexity index is 1090. The maximum atomic E-state index is 12.5. The number of rotatable bonds is 4. The Balaban J connectivity index is 1.26. The van der Waals surface area contributed by atoms with Crippen LogP contribution >= 0.6 is 0 Å². The molecular weight excluding hydrogens is 370 g/mol. The molecule has 0 saturated carbocycles. The van der Waals surface area contributed by atoms with Crippen LogP contribution in [0.1, 0.15) is 43.5 Å². The van der Waals surface area contributed by atoms with Gasteiger partial charge in [-0.15, -0.1) is 0 Å². The zero-order chi connectivity index (χ0) is 20.0. The van der Waals surface area contributed by atoms with Crippen LogP contribution in [-0.4, -0.2) is 38.1 Å². The van der Waals surface area contributed by atoms with E-state index in [0.717, 1.165) is 36.5 Å². The van der Waals surface area contributed by atoms with Crippen LogP contribution in [0.15, 0.2) is 47.0 Å². The SMILES string of the molecule is Nc1ncc2c(n1)CCN(Cc1ccc(CN3C(=O)c4ccccc4C3=O)o1)C2. The maximum Gasteiger partial charge on any atom is 0.261 e. The van der Waals surface area contributed by atoms with Gasteiger partial charge in [-0.25, -0.2) is 9.97 Å². The predicted octanol–water partition coefficient (Wildman–Crippen LogP) is 2.01. The molecule has 0 bridgehead atoms. The minimum atomic E-state index is -0.282. The molecule has 0 atom stereocenters. The molecule has 5 rings (SSSR count). The van der Waals surface area contributed by atoms with E-state index in [2.05, 4.69) is 14.9 Å². The largest absolute Gasteiger partial charge is 0.463 e. The molecule has 146 valence electrons. The van der Waals surface area contributed by atoms with Crippen molar-refractivity contribution in [3.8, 4) is 0 Å². The van der Waals surface area contributed by atoms with E-state index in [4.69, 9.17) is 10.2 Å². The van der Waals surface area contributed by atoms with E-state index in [0.29, 0.717) is 29.4 Å². The third-order valence-electron chi connectivity index (χ3n) is 5.32. The summed E-state index contributed by atoms with van der Waals surface area (Å²) in [5.41, 5.74) is 8.61. The van der Waals surface area contributed by atoms with E-state index in [1.165, 1.54) is 4.90 Å².